The third kappa shape index (κ3) is 2.86. The molecular formula is C22H16O4P2. The van der Waals surface area contributed by atoms with Crippen LogP contribution < -0.4 is 10.6 Å². The summed E-state index contributed by atoms with van der Waals surface area (Å²) in [6, 6.07) is 17.8. The zero-order chi connectivity index (χ0) is 20.0. The number of aromatic carboxylic acids is 2. The van der Waals surface area contributed by atoms with Gasteiger partial charge in [0.25, 0.3) is 0 Å². The maximum absolute atomic E-state index is 11.7. The minimum absolute atomic E-state index is 0.237. The average Bonchev–Trinajstić information content (AvgIpc) is 2.67. The molecule has 4 rings (SSSR count). The first-order valence-electron chi connectivity index (χ1n) is 8.49. The summed E-state index contributed by atoms with van der Waals surface area (Å²) in [6.45, 7) is 0. The molecule has 0 amide bonds. The van der Waals surface area contributed by atoms with Crippen molar-refractivity contribution in [2.24, 2.45) is 0 Å². The van der Waals surface area contributed by atoms with Gasteiger partial charge >= 0.3 is 11.9 Å². The first kappa shape index (κ1) is 18.6. The molecule has 2 N–H and O–H groups in total. The number of carboxylic acids is 2. The number of benzene rings is 4. The Morgan fingerprint density at radius 1 is 0.571 bits per heavy atom. The summed E-state index contributed by atoms with van der Waals surface area (Å²) in [6.07, 6.45) is 0. The van der Waals surface area contributed by atoms with E-state index in [4.69, 9.17) is 0 Å². The van der Waals surface area contributed by atoms with E-state index >= 15 is 0 Å². The fourth-order valence-electron chi connectivity index (χ4n) is 3.68. The maximum atomic E-state index is 11.7. The number of hydrogen-bond donors (Lipinski definition) is 2. The minimum Gasteiger partial charge on any atom is -0.478 e. The predicted octanol–water partition coefficient (Wildman–Crippen LogP) is 4.06. The molecule has 0 aromatic heterocycles. The Kier molecular flexibility index (Phi) is 4.63. The molecule has 4 aromatic rings. The smallest absolute Gasteiger partial charge is 0.336 e. The van der Waals surface area contributed by atoms with Gasteiger partial charge in [-0.05, 0) is 55.4 Å². The Morgan fingerprint density at radius 2 is 0.964 bits per heavy atom. The van der Waals surface area contributed by atoms with Crippen molar-refractivity contribution in [3.8, 4) is 11.1 Å². The van der Waals surface area contributed by atoms with E-state index in [0.29, 0.717) is 10.8 Å². The second kappa shape index (κ2) is 6.98. The summed E-state index contributed by atoms with van der Waals surface area (Å²) in [7, 11) is 5.41. The maximum Gasteiger partial charge on any atom is 0.336 e. The summed E-state index contributed by atoms with van der Waals surface area (Å²) >= 11 is 0. The molecule has 0 saturated heterocycles. The predicted molar refractivity (Wildman–Crippen MR) is 119 cm³/mol. The van der Waals surface area contributed by atoms with Gasteiger partial charge in [0.05, 0.1) is 11.1 Å². The Hall–Kier alpha value is -2.80. The Bertz CT molecular complexity index is 1190. The highest BCUT2D eigenvalue weighted by atomic mass is 31.0. The van der Waals surface area contributed by atoms with Crippen molar-refractivity contribution in [1.29, 1.82) is 0 Å². The van der Waals surface area contributed by atoms with Crippen LogP contribution in [0.2, 0.25) is 0 Å². The average molecular weight is 406 g/mol. The van der Waals surface area contributed by atoms with Gasteiger partial charge in [-0.3, -0.25) is 0 Å². The van der Waals surface area contributed by atoms with Crippen LogP contribution >= 0.6 is 18.5 Å². The van der Waals surface area contributed by atoms with Crippen molar-refractivity contribution in [3.63, 3.8) is 0 Å². The second-order valence-corrected chi connectivity index (χ2v) is 7.72. The van der Waals surface area contributed by atoms with Gasteiger partial charge in [-0.15, -0.1) is 18.5 Å². The molecule has 28 heavy (non-hydrogen) atoms. The fraction of sp³-hybridized carbons (Fsp3) is 0. The highest BCUT2D eigenvalue weighted by Gasteiger charge is 2.18. The van der Waals surface area contributed by atoms with E-state index in [2.05, 4.69) is 18.5 Å². The highest BCUT2D eigenvalue weighted by molar-refractivity contribution is 7.29. The van der Waals surface area contributed by atoms with E-state index in [1.165, 1.54) is 0 Å². The van der Waals surface area contributed by atoms with E-state index in [9.17, 15) is 19.8 Å². The van der Waals surface area contributed by atoms with Crippen molar-refractivity contribution < 1.29 is 19.8 Å². The fourth-order valence-corrected chi connectivity index (χ4v) is 4.47. The largest absolute Gasteiger partial charge is 0.478 e. The molecule has 0 spiro atoms. The topological polar surface area (TPSA) is 74.6 Å². The number of carboxylic acid groups (broad SMARTS) is 2. The van der Waals surface area contributed by atoms with Crippen LogP contribution in [-0.4, -0.2) is 22.2 Å². The van der Waals surface area contributed by atoms with Gasteiger partial charge in [0.1, 0.15) is 0 Å². The van der Waals surface area contributed by atoms with Gasteiger partial charge in [0.15, 0.2) is 0 Å². The van der Waals surface area contributed by atoms with Crippen molar-refractivity contribution in [1.82, 2.24) is 0 Å². The SMILES string of the molecule is O=C(O)c1cccc2c(-c3c(P)ccc4c(C(=O)O)cccc34)c(P)ccc12. The van der Waals surface area contributed by atoms with E-state index in [1.54, 1.807) is 36.4 Å². The van der Waals surface area contributed by atoms with Crippen molar-refractivity contribution in [2.45, 2.75) is 0 Å². The lowest BCUT2D eigenvalue weighted by Gasteiger charge is -2.17. The lowest BCUT2D eigenvalue weighted by atomic mass is 9.91. The van der Waals surface area contributed by atoms with E-state index in [1.807, 2.05) is 24.3 Å². The number of fused-ring (bicyclic) bond motifs is 2. The van der Waals surface area contributed by atoms with Crippen LogP contribution in [0.3, 0.4) is 0 Å². The van der Waals surface area contributed by atoms with Crippen LogP contribution in [0.1, 0.15) is 20.7 Å². The van der Waals surface area contributed by atoms with Crippen LogP contribution in [0, 0.1) is 0 Å². The molecule has 0 aliphatic heterocycles. The van der Waals surface area contributed by atoms with Crippen LogP contribution in [0.4, 0.5) is 0 Å². The molecule has 0 fully saturated rings. The Labute approximate surface area is 165 Å². The quantitative estimate of drug-likeness (QED) is 0.504. The van der Waals surface area contributed by atoms with Crippen LogP contribution in [0.15, 0.2) is 60.7 Å². The Morgan fingerprint density at radius 3 is 1.32 bits per heavy atom. The number of carbonyl (C=O) groups is 2. The molecule has 0 radical (unpaired) electrons. The van der Waals surface area contributed by atoms with Crippen LogP contribution in [0.25, 0.3) is 32.7 Å². The molecule has 0 saturated carbocycles. The zero-order valence-electron chi connectivity index (χ0n) is 14.6. The third-order valence-corrected chi connectivity index (χ3v) is 5.86. The molecule has 0 heterocycles. The molecule has 138 valence electrons. The molecule has 0 aliphatic carbocycles. The Balaban J connectivity index is 2.19. The molecule has 6 heteroatoms. The molecule has 4 nitrogen and oxygen atoms in total. The molecular weight excluding hydrogens is 390 g/mol. The van der Waals surface area contributed by atoms with E-state index < -0.39 is 11.9 Å². The summed E-state index contributed by atoms with van der Waals surface area (Å²) in [5, 5.41) is 23.9. The molecule has 2 unspecified atom stereocenters. The van der Waals surface area contributed by atoms with Gasteiger partial charge in [-0.2, -0.15) is 0 Å². The third-order valence-electron chi connectivity index (χ3n) is 4.90. The minimum atomic E-state index is -0.981. The lowest BCUT2D eigenvalue weighted by molar-refractivity contribution is 0.0688. The molecule has 2 atom stereocenters. The van der Waals surface area contributed by atoms with Gasteiger partial charge in [-0.25, -0.2) is 9.59 Å². The van der Waals surface area contributed by atoms with Crippen LogP contribution in [0.5, 0.6) is 0 Å². The first-order chi connectivity index (χ1) is 13.4. The summed E-state index contributed by atoms with van der Waals surface area (Å²) < 4.78 is 0. The zero-order valence-corrected chi connectivity index (χ0v) is 16.9. The summed E-state index contributed by atoms with van der Waals surface area (Å²) in [5.74, 6) is -1.96. The number of hydrogen-bond acceptors (Lipinski definition) is 2. The van der Waals surface area contributed by atoms with Crippen LogP contribution in [-0.2, 0) is 0 Å². The van der Waals surface area contributed by atoms with Gasteiger partial charge in [0, 0.05) is 0 Å². The standard InChI is InChI=1S/C22H16O4P2/c23-21(24)15-5-1-3-13-11(15)7-9-17(27)19(13)20-14-4-2-6-16(22(25)26)12(14)8-10-18(20)28/h1-10H,27-28H2,(H,23,24)(H,25,26). The van der Waals surface area contributed by atoms with Gasteiger partial charge < -0.3 is 10.2 Å². The molecule has 0 aliphatic rings. The normalized spacial score (nSPS) is 11.1. The van der Waals surface area contributed by atoms with E-state index in [-0.39, 0.29) is 11.1 Å². The molecule has 4 aromatic carbocycles. The lowest BCUT2D eigenvalue weighted by Crippen LogP contribution is -2.08. The van der Waals surface area contributed by atoms with Gasteiger partial charge in [0.2, 0.25) is 0 Å². The second-order valence-electron chi connectivity index (χ2n) is 6.47. The van der Waals surface area contributed by atoms with Crippen molar-refractivity contribution in [3.05, 3.63) is 71.8 Å². The van der Waals surface area contributed by atoms with E-state index in [0.717, 1.165) is 32.5 Å². The molecule has 0 bridgehead atoms. The monoisotopic (exact) mass is 406 g/mol. The van der Waals surface area contributed by atoms with Crippen molar-refractivity contribution in [2.75, 3.05) is 0 Å². The van der Waals surface area contributed by atoms with Gasteiger partial charge in [-0.1, -0.05) is 48.5 Å². The summed E-state index contributed by atoms with van der Waals surface area (Å²) in [4.78, 5) is 23.3. The number of rotatable bonds is 3. The van der Waals surface area contributed by atoms with Crippen molar-refractivity contribution >= 4 is 62.6 Å². The highest BCUT2D eigenvalue weighted by Crippen LogP contribution is 2.35. The first-order valence-corrected chi connectivity index (χ1v) is 9.65. The summed E-state index contributed by atoms with van der Waals surface area (Å²) in [5.41, 5.74) is 2.23.